The molecular formula is C24H32FN3O6. The van der Waals surface area contributed by atoms with Crippen LogP contribution in [0.4, 0.5) is 14.9 Å². The molecular weight excluding hydrogens is 445 g/mol. The summed E-state index contributed by atoms with van der Waals surface area (Å²) in [4.78, 5) is 38.3. The summed E-state index contributed by atoms with van der Waals surface area (Å²) in [5.41, 5.74) is -1.23. The zero-order chi connectivity index (χ0) is 25.4. The normalized spacial score (nSPS) is 17.0. The Labute approximate surface area is 197 Å². The highest BCUT2D eigenvalue weighted by Gasteiger charge is 2.33. The van der Waals surface area contributed by atoms with Gasteiger partial charge in [-0.2, -0.15) is 0 Å². The summed E-state index contributed by atoms with van der Waals surface area (Å²) in [7, 11) is 1.40. The molecule has 9 nitrogen and oxygen atoms in total. The van der Waals surface area contributed by atoms with Crippen LogP contribution in [-0.4, -0.2) is 53.6 Å². The number of aromatic carboxylic acids is 1. The number of benzene rings is 1. The lowest BCUT2D eigenvalue weighted by Crippen LogP contribution is -2.42. The Balaban J connectivity index is 1.97. The highest BCUT2D eigenvalue weighted by Crippen LogP contribution is 2.40. The predicted octanol–water partition coefficient (Wildman–Crippen LogP) is 3.61. The third-order valence-corrected chi connectivity index (χ3v) is 6.01. The number of ether oxygens (including phenoxy) is 2. The van der Waals surface area contributed by atoms with Crippen LogP contribution in [0.1, 0.15) is 51.4 Å². The molecule has 0 unspecified atom stereocenters. The fourth-order valence-corrected chi connectivity index (χ4v) is 4.39. The minimum Gasteiger partial charge on any atom is -0.492 e. The molecule has 0 bridgehead atoms. The van der Waals surface area contributed by atoms with Crippen LogP contribution in [0.25, 0.3) is 10.9 Å². The van der Waals surface area contributed by atoms with Gasteiger partial charge in [0.25, 0.3) is 0 Å². The molecule has 0 radical (unpaired) electrons. The largest absolute Gasteiger partial charge is 0.492 e. The fraction of sp³-hybridized carbons (Fsp3) is 0.542. The van der Waals surface area contributed by atoms with Gasteiger partial charge in [0.15, 0.2) is 11.6 Å². The summed E-state index contributed by atoms with van der Waals surface area (Å²) >= 11 is 0. The molecule has 0 spiro atoms. The van der Waals surface area contributed by atoms with Crippen LogP contribution < -0.4 is 20.4 Å². The number of carboxylic acid groups (broad SMARTS) is 1. The van der Waals surface area contributed by atoms with Crippen LogP contribution in [0.2, 0.25) is 0 Å². The van der Waals surface area contributed by atoms with E-state index in [1.807, 2.05) is 11.8 Å². The predicted molar refractivity (Wildman–Crippen MR) is 127 cm³/mol. The summed E-state index contributed by atoms with van der Waals surface area (Å²) in [6.45, 7) is 10.4. The molecule has 1 aliphatic rings. The first-order valence-corrected chi connectivity index (χ1v) is 11.3. The maximum absolute atomic E-state index is 15.4. The van der Waals surface area contributed by atoms with Crippen LogP contribution in [-0.2, 0) is 11.3 Å². The lowest BCUT2D eigenvalue weighted by atomic mass is 10.0. The van der Waals surface area contributed by atoms with Crippen molar-refractivity contribution in [3.63, 3.8) is 0 Å². The second kappa shape index (κ2) is 9.52. The topological polar surface area (TPSA) is 110 Å². The molecule has 34 heavy (non-hydrogen) atoms. The molecule has 1 fully saturated rings. The molecule has 0 saturated carbocycles. The minimum absolute atomic E-state index is 0.0371. The fourth-order valence-electron chi connectivity index (χ4n) is 4.39. The van der Waals surface area contributed by atoms with E-state index >= 15 is 4.39 Å². The minimum atomic E-state index is -1.37. The number of hydrogen-bond donors (Lipinski definition) is 2. The zero-order valence-electron chi connectivity index (χ0n) is 20.4. The second-order valence-corrected chi connectivity index (χ2v) is 9.53. The first-order chi connectivity index (χ1) is 15.9. The van der Waals surface area contributed by atoms with Crippen molar-refractivity contribution in [2.24, 2.45) is 5.92 Å². The van der Waals surface area contributed by atoms with Gasteiger partial charge in [-0.15, -0.1) is 0 Å². The molecule has 1 saturated heterocycles. The average Bonchev–Trinajstić information content (AvgIpc) is 3.21. The molecule has 10 heteroatoms. The van der Waals surface area contributed by atoms with Gasteiger partial charge in [0.1, 0.15) is 16.9 Å². The van der Waals surface area contributed by atoms with Crippen molar-refractivity contribution in [2.45, 2.75) is 59.2 Å². The first-order valence-electron chi connectivity index (χ1n) is 11.3. The summed E-state index contributed by atoms with van der Waals surface area (Å²) in [6, 6.07) is 0.880. The molecule has 1 aliphatic heterocycles. The lowest BCUT2D eigenvalue weighted by molar-refractivity contribution is 0.0494. The van der Waals surface area contributed by atoms with Crippen LogP contribution in [0.3, 0.4) is 0 Å². The van der Waals surface area contributed by atoms with E-state index < -0.39 is 34.5 Å². The summed E-state index contributed by atoms with van der Waals surface area (Å²) in [5.74, 6) is -1.82. The zero-order valence-corrected chi connectivity index (χ0v) is 20.4. The first kappa shape index (κ1) is 25.3. The number of nitrogens with zero attached hydrogens (tertiary/aromatic N) is 2. The van der Waals surface area contributed by atoms with Crippen molar-refractivity contribution in [1.29, 1.82) is 0 Å². The summed E-state index contributed by atoms with van der Waals surface area (Å²) in [5, 5.41) is 12.2. The Morgan fingerprint density at radius 1 is 1.35 bits per heavy atom. The van der Waals surface area contributed by atoms with E-state index in [1.165, 1.54) is 13.3 Å². The Morgan fingerprint density at radius 2 is 2.03 bits per heavy atom. The van der Waals surface area contributed by atoms with Crippen molar-refractivity contribution in [1.82, 2.24) is 9.88 Å². The van der Waals surface area contributed by atoms with Crippen molar-refractivity contribution in [3.05, 3.63) is 33.9 Å². The molecule has 3 rings (SSSR count). The Bertz CT molecular complexity index is 1170. The molecule has 2 aromatic rings. The van der Waals surface area contributed by atoms with Crippen molar-refractivity contribution in [3.8, 4) is 5.75 Å². The van der Waals surface area contributed by atoms with E-state index in [1.54, 1.807) is 32.3 Å². The van der Waals surface area contributed by atoms with Gasteiger partial charge in [0.2, 0.25) is 5.43 Å². The average molecular weight is 478 g/mol. The number of fused-ring (bicyclic) bond motifs is 1. The van der Waals surface area contributed by atoms with Crippen LogP contribution in [0.5, 0.6) is 5.75 Å². The number of aromatic nitrogens is 1. The summed E-state index contributed by atoms with van der Waals surface area (Å²) in [6.07, 6.45) is 1.46. The third-order valence-electron chi connectivity index (χ3n) is 6.01. The number of rotatable bonds is 6. The Morgan fingerprint density at radius 3 is 2.59 bits per heavy atom. The van der Waals surface area contributed by atoms with Gasteiger partial charge < -0.3 is 29.4 Å². The van der Waals surface area contributed by atoms with Crippen molar-refractivity contribution < 1.29 is 28.6 Å². The molecule has 1 aromatic heterocycles. The number of aryl methyl sites for hydroxylation is 1. The summed E-state index contributed by atoms with van der Waals surface area (Å²) < 4.78 is 27.9. The number of halogens is 1. The van der Waals surface area contributed by atoms with E-state index in [2.05, 4.69) is 5.32 Å². The van der Waals surface area contributed by atoms with E-state index in [4.69, 9.17) is 9.47 Å². The SMILES string of the molecule is CCn1cc(C(=O)O)c(=O)c2cc(F)c(N3CC[C@@H]([C@H](C)NC(=O)OC(C)(C)C)C3)c(OC)c21. The van der Waals surface area contributed by atoms with Gasteiger partial charge in [-0.3, -0.25) is 4.79 Å². The number of hydrogen-bond acceptors (Lipinski definition) is 6. The number of carbonyl (C=O) groups excluding carboxylic acids is 1. The van der Waals surface area contributed by atoms with Crippen molar-refractivity contribution >= 4 is 28.7 Å². The van der Waals surface area contributed by atoms with E-state index in [9.17, 15) is 19.5 Å². The number of nitrogens with one attached hydrogen (secondary N) is 1. The molecule has 1 amide bonds. The molecule has 2 heterocycles. The van der Waals surface area contributed by atoms with Gasteiger partial charge in [-0.25, -0.2) is 14.0 Å². The number of pyridine rings is 1. The standard InChI is InChI=1S/C24H32FN3O6/c1-7-27-12-16(22(30)31)20(29)15-10-17(25)19(21(33-6)18(15)27)28-9-8-14(11-28)13(2)26-23(32)34-24(3,4)5/h10,12-14H,7-9,11H2,1-6H3,(H,26,32)(H,30,31)/t13-,14+/m0/s1. The number of alkyl carbamates (subject to hydrolysis) is 1. The monoisotopic (exact) mass is 477 g/mol. The second-order valence-electron chi connectivity index (χ2n) is 9.53. The van der Waals surface area contributed by atoms with E-state index in [0.29, 0.717) is 31.6 Å². The number of anilines is 1. The van der Waals surface area contributed by atoms with Gasteiger partial charge in [-0.1, -0.05) is 0 Å². The molecule has 1 aromatic carbocycles. The van der Waals surface area contributed by atoms with E-state index in [-0.39, 0.29) is 28.8 Å². The number of carbonyl (C=O) groups is 2. The number of methoxy groups -OCH3 is 1. The molecule has 0 aliphatic carbocycles. The highest BCUT2D eigenvalue weighted by molar-refractivity contribution is 5.97. The molecule has 186 valence electrons. The maximum Gasteiger partial charge on any atom is 0.407 e. The van der Waals surface area contributed by atoms with Crippen molar-refractivity contribution in [2.75, 3.05) is 25.1 Å². The molecule has 2 atom stereocenters. The van der Waals surface area contributed by atoms with Crippen LogP contribution in [0.15, 0.2) is 17.1 Å². The van der Waals surface area contributed by atoms with Gasteiger partial charge in [-0.05, 0) is 53.0 Å². The van der Waals surface area contributed by atoms with Crippen LogP contribution in [0, 0.1) is 11.7 Å². The number of carboxylic acids is 1. The third kappa shape index (κ3) is 4.95. The Kier molecular flexibility index (Phi) is 7.09. The molecule has 2 N–H and O–H groups in total. The Hall–Kier alpha value is -3.30. The maximum atomic E-state index is 15.4. The number of amides is 1. The van der Waals surface area contributed by atoms with E-state index in [0.717, 1.165) is 6.07 Å². The van der Waals surface area contributed by atoms with Crippen LogP contribution >= 0.6 is 0 Å². The highest BCUT2D eigenvalue weighted by atomic mass is 19.1. The van der Waals surface area contributed by atoms with Gasteiger partial charge >= 0.3 is 12.1 Å². The van der Waals surface area contributed by atoms with Gasteiger partial charge in [0.05, 0.1) is 18.0 Å². The quantitative estimate of drug-likeness (QED) is 0.654. The lowest BCUT2D eigenvalue weighted by Gasteiger charge is -2.26. The smallest absolute Gasteiger partial charge is 0.407 e. The van der Waals surface area contributed by atoms with Gasteiger partial charge in [0, 0.05) is 31.9 Å².